The zero-order valence-electron chi connectivity index (χ0n) is 18.2. The summed E-state index contributed by atoms with van der Waals surface area (Å²) in [6.07, 6.45) is -0.655. The second-order valence-electron chi connectivity index (χ2n) is 6.22. The topological polar surface area (TPSA) is 64.6 Å². The van der Waals surface area contributed by atoms with Crippen LogP contribution in [0, 0.1) is 0 Å². The fourth-order valence-corrected chi connectivity index (χ4v) is 5.28. The van der Waals surface area contributed by atoms with Crippen LogP contribution in [-0.4, -0.2) is 60.7 Å². The Kier molecular flexibility index (Phi) is 15.4. The summed E-state index contributed by atoms with van der Waals surface area (Å²) in [6, 6.07) is 0.565. The van der Waals surface area contributed by atoms with Crippen LogP contribution in [0.4, 0.5) is 0 Å². The summed E-state index contributed by atoms with van der Waals surface area (Å²) in [5.41, 5.74) is 0.988. The number of ether oxygens (including phenoxy) is 4. The Hall–Kier alpha value is -0.323. The first-order valence-electron chi connectivity index (χ1n) is 9.88. The van der Waals surface area contributed by atoms with Crippen molar-refractivity contribution in [1.82, 2.24) is 0 Å². The minimum absolute atomic E-state index is 0.458. The standard InChI is InChI=1S/C19H40O7Si/c1-9-21-17(6)24-27(25-18(7)22-10-2,26-19(8)23-11-3)14-12-13-20-15-16(4)5/h17-19H,4,9-15H2,1-3,5-8H3. The summed E-state index contributed by atoms with van der Waals surface area (Å²) in [7, 11) is -3.15. The predicted octanol–water partition coefficient (Wildman–Crippen LogP) is 4.11. The van der Waals surface area contributed by atoms with Gasteiger partial charge in [-0.3, -0.25) is 0 Å². The third-order valence-corrected chi connectivity index (χ3v) is 6.40. The van der Waals surface area contributed by atoms with Gasteiger partial charge in [0.25, 0.3) is 0 Å². The van der Waals surface area contributed by atoms with Gasteiger partial charge in [-0.05, 0) is 54.9 Å². The third kappa shape index (κ3) is 13.5. The molecule has 0 aliphatic carbocycles. The van der Waals surface area contributed by atoms with E-state index in [1.165, 1.54) is 0 Å². The van der Waals surface area contributed by atoms with E-state index in [1.807, 2.05) is 48.5 Å². The zero-order valence-corrected chi connectivity index (χ0v) is 19.2. The van der Waals surface area contributed by atoms with Gasteiger partial charge in [-0.1, -0.05) is 12.2 Å². The normalized spacial score (nSPS) is 17.3. The molecule has 7 nitrogen and oxygen atoms in total. The highest BCUT2D eigenvalue weighted by atomic mass is 28.4. The molecule has 0 saturated carbocycles. The highest BCUT2D eigenvalue weighted by Gasteiger charge is 2.46. The molecule has 0 N–H and O–H groups in total. The fraction of sp³-hybridized carbons (Fsp3) is 0.895. The quantitative estimate of drug-likeness (QED) is 0.146. The first-order valence-corrected chi connectivity index (χ1v) is 11.8. The van der Waals surface area contributed by atoms with E-state index in [-0.39, 0.29) is 0 Å². The molecule has 0 aromatic heterocycles. The minimum Gasteiger partial charge on any atom is -0.377 e. The lowest BCUT2D eigenvalue weighted by molar-refractivity contribution is -0.176. The van der Waals surface area contributed by atoms with Crippen LogP contribution in [0.1, 0.15) is 54.9 Å². The van der Waals surface area contributed by atoms with Crippen LogP contribution < -0.4 is 0 Å². The van der Waals surface area contributed by atoms with Gasteiger partial charge in [0.05, 0.1) is 6.61 Å². The van der Waals surface area contributed by atoms with Gasteiger partial charge < -0.3 is 32.2 Å². The molecule has 0 radical (unpaired) electrons. The molecule has 0 heterocycles. The first kappa shape index (κ1) is 26.7. The molecular formula is C19H40O7Si. The lowest BCUT2D eigenvalue weighted by Crippen LogP contribution is -2.52. The Morgan fingerprint density at radius 1 is 0.815 bits per heavy atom. The molecule has 0 rings (SSSR count). The monoisotopic (exact) mass is 408 g/mol. The van der Waals surface area contributed by atoms with Gasteiger partial charge >= 0.3 is 8.80 Å². The molecule has 162 valence electrons. The van der Waals surface area contributed by atoms with E-state index >= 15 is 0 Å². The molecule has 0 saturated heterocycles. The van der Waals surface area contributed by atoms with Crippen LogP contribution in [0.15, 0.2) is 12.2 Å². The molecule has 3 unspecified atom stereocenters. The molecule has 0 fully saturated rings. The van der Waals surface area contributed by atoms with Gasteiger partial charge in [-0.2, -0.15) is 0 Å². The number of hydrogen-bond donors (Lipinski definition) is 0. The molecule has 8 heteroatoms. The summed E-state index contributed by atoms with van der Waals surface area (Å²) in [4.78, 5) is 0. The van der Waals surface area contributed by atoms with Crippen LogP contribution in [0.25, 0.3) is 0 Å². The predicted molar refractivity (Wildman–Crippen MR) is 107 cm³/mol. The number of rotatable bonds is 18. The fourth-order valence-electron chi connectivity index (χ4n) is 2.46. The second kappa shape index (κ2) is 15.6. The molecule has 27 heavy (non-hydrogen) atoms. The molecule has 3 atom stereocenters. The summed E-state index contributed by atoms with van der Waals surface area (Å²) in [5.74, 6) is 0. The molecule has 0 spiro atoms. The highest BCUT2D eigenvalue weighted by molar-refractivity contribution is 6.60. The van der Waals surface area contributed by atoms with E-state index in [4.69, 9.17) is 32.2 Å². The molecular weight excluding hydrogens is 368 g/mol. The lowest BCUT2D eigenvalue weighted by atomic mass is 10.4. The van der Waals surface area contributed by atoms with Crippen LogP contribution >= 0.6 is 0 Å². The lowest BCUT2D eigenvalue weighted by Gasteiger charge is -2.35. The van der Waals surface area contributed by atoms with E-state index in [0.29, 0.717) is 39.1 Å². The average molecular weight is 409 g/mol. The van der Waals surface area contributed by atoms with Crippen molar-refractivity contribution in [3.8, 4) is 0 Å². The third-order valence-electron chi connectivity index (χ3n) is 3.36. The molecule has 0 aromatic carbocycles. The van der Waals surface area contributed by atoms with Gasteiger partial charge in [0.15, 0.2) is 0 Å². The highest BCUT2D eigenvalue weighted by Crippen LogP contribution is 2.25. The van der Waals surface area contributed by atoms with Gasteiger partial charge in [0.1, 0.15) is 18.9 Å². The number of hydrogen-bond acceptors (Lipinski definition) is 7. The molecule has 0 aliphatic rings. The van der Waals surface area contributed by atoms with Gasteiger partial charge in [-0.25, -0.2) is 0 Å². The smallest absolute Gasteiger partial charge is 0.377 e. The maximum Gasteiger partial charge on any atom is 0.506 e. The Morgan fingerprint density at radius 2 is 1.22 bits per heavy atom. The summed E-state index contributed by atoms with van der Waals surface area (Å²) >= 11 is 0. The van der Waals surface area contributed by atoms with Crippen molar-refractivity contribution < 1.29 is 32.2 Å². The zero-order chi connectivity index (χ0) is 20.7. The van der Waals surface area contributed by atoms with E-state index < -0.39 is 27.7 Å². The minimum atomic E-state index is -3.15. The molecule has 0 amide bonds. The summed E-state index contributed by atoms with van der Waals surface area (Å²) in [6.45, 7) is 19.8. The summed E-state index contributed by atoms with van der Waals surface area (Å²) < 4.78 is 40.9. The van der Waals surface area contributed by atoms with Crippen molar-refractivity contribution in [2.75, 3.05) is 33.0 Å². The van der Waals surface area contributed by atoms with Crippen molar-refractivity contribution in [1.29, 1.82) is 0 Å². The van der Waals surface area contributed by atoms with Crippen LogP contribution in [0.5, 0.6) is 0 Å². The van der Waals surface area contributed by atoms with Crippen molar-refractivity contribution in [2.24, 2.45) is 0 Å². The maximum absolute atomic E-state index is 6.18. The van der Waals surface area contributed by atoms with Gasteiger partial charge in [-0.15, -0.1) is 0 Å². The summed E-state index contributed by atoms with van der Waals surface area (Å²) in [5, 5.41) is 0. The van der Waals surface area contributed by atoms with E-state index in [0.717, 1.165) is 12.0 Å². The van der Waals surface area contributed by atoms with Crippen molar-refractivity contribution in [3.63, 3.8) is 0 Å². The van der Waals surface area contributed by atoms with Crippen LogP contribution in [0.2, 0.25) is 6.04 Å². The largest absolute Gasteiger partial charge is 0.506 e. The van der Waals surface area contributed by atoms with Crippen LogP contribution in [0.3, 0.4) is 0 Å². The maximum atomic E-state index is 6.18. The Bertz CT molecular complexity index is 345. The van der Waals surface area contributed by atoms with Gasteiger partial charge in [0, 0.05) is 32.5 Å². The molecule has 0 bridgehead atoms. The van der Waals surface area contributed by atoms with E-state index in [9.17, 15) is 0 Å². The van der Waals surface area contributed by atoms with Crippen LogP contribution in [-0.2, 0) is 32.2 Å². The molecule has 0 aliphatic heterocycles. The van der Waals surface area contributed by atoms with E-state index in [1.54, 1.807) is 0 Å². The van der Waals surface area contributed by atoms with Crippen molar-refractivity contribution in [3.05, 3.63) is 12.2 Å². The Morgan fingerprint density at radius 3 is 1.56 bits per heavy atom. The first-order chi connectivity index (χ1) is 12.8. The van der Waals surface area contributed by atoms with E-state index in [2.05, 4.69) is 6.58 Å². The second-order valence-corrected chi connectivity index (χ2v) is 8.79. The van der Waals surface area contributed by atoms with Crippen molar-refractivity contribution in [2.45, 2.75) is 79.8 Å². The SMILES string of the molecule is C=C(C)COCCC[Si](OC(C)OCC)(OC(C)OCC)OC(C)OCC. The average Bonchev–Trinajstić information content (AvgIpc) is 2.54. The van der Waals surface area contributed by atoms with Gasteiger partial charge in [0.2, 0.25) is 0 Å². The molecule has 0 aromatic rings. The Balaban J connectivity index is 5.17. The van der Waals surface area contributed by atoms with Crippen molar-refractivity contribution >= 4 is 8.80 Å². The Labute approximate surface area is 166 Å².